The van der Waals surface area contributed by atoms with Gasteiger partial charge in [-0.15, -0.1) is 12.4 Å². The summed E-state index contributed by atoms with van der Waals surface area (Å²) in [7, 11) is -3.34. The van der Waals surface area contributed by atoms with Gasteiger partial charge in [-0.2, -0.15) is 0 Å². The molecule has 0 radical (unpaired) electrons. The second-order valence-electron chi connectivity index (χ2n) is 8.05. The fourth-order valence-electron chi connectivity index (χ4n) is 3.82. The number of sulfone groups is 1. The number of hydrogen-bond donors (Lipinski definition) is 1. The molecule has 2 heterocycles. The van der Waals surface area contributed by atoms with Gasteiger partial charge in [0.25, 0.3) is 5.91 Å². The van der Waals surface area contributed by atoms with Crippen molar-refractivity contribution >= 4 is 66.4 Å². The summed E-state index contributed by atoms with van der Waals surface area (Å²) in [5, 5.41) is 4.64. The molecule has 4 rings (SSSR count). The largest absolute Gasteiger partial charge is 0.351 e. The number of rotatable bonds is 7. The quantitative estimate of drug-likeness (QED) is 0.485. The van der Waals surface area contributed by atoms with Gasteiger partial charge in [0.1, 0.15) is 0 Å². The number of nitrogens with one attached hydrogen (secondary N) is 1. The lowest BCUT2D eigenvalue weighted by atomic mass is 10.2. The molecule has 34 heavy (non-hydrogen) atoms. The van der Waals surface area contributed by atoms with Crippen LogP contribution in [0.4, 0.5) is 5.13 Å². The SMILES string of the molecule is CCS(=O)(=O)c1cccc(C(=O)NCCN2CCN(c3nc4c(C)ccc(Cl)c4s3)CC2)c1.Cl. The lowest BCUT2D eigenvalue weighted by molar-refractivity contribution is 0.0947. The van der Waals surface area contributed by atoms with Crippen LogP contribution in [0.1, 0.15) is 22.8 Å². The molecule has 1 aliphatic heterocycles. The summed E-state index contributed by atoms with van der Waals surface area (Å²) in [6.07, 6.45) is 0. The smallest absolute Gasteiger partial charge is 0.251 e. The molecule has 0 bridgehead atoms. The van der Waals surface area contributed by atoms with Crippen LogP contribution in [0.25, 0.3) is 10.2 Å². The topological polar surface area (TPSA) is 82.6 Å². The summed E-state index contributed by atoms with van der Waals surface area (Å²) in [5.41, 5.74) is 2.46. The molecule has 0 saturated carbocycles. The van der Waals surface area contributed by atoms with Crippen LogP contribution in [0.15, 0.2) is 41.3 Å². The molecule has 1 saturated heterocycles. The van der Waals surface area contributed by atoms with E-state index in [1.165, 1.54) is 12.1 Å². The zero-order chi connectivity index (χ0) is 23.6. The zero-order valence-electron chi connectivity index (χ0n) is 19.1. The summed E-state index contributed by atoms with van der Waals surface area (Å²) in [6.45, 7) is 8.35. The van der Waals surface area contributed by atoms with Crippen LogP contribution in [0, 0.1) is 6.92 Å². The highest BCUT2D eigenvalue weighted by molar-refractivity contribution is 7.91. The van der Waals surface area contributed by atoms with Crippen molar-refractivity contribution in [2.75, 3.05) is 49.9 Å². The first kappa shape index (κ1) is 26.7. The average Bonchev–Trinajstić information content (AvgIpc) is 3.29. The van der Waals surface area contributed by atoms with E-state index in [9.17, 15) is 13.2 Å². The van der Waals surface area contributed by atoms with Gasteiger partial charge in [0.05, 0.1) is 25.9 Å². The van der Waals surface area contributed by atoms with Gasteiger partial charge in [-0.3, -0.25) is 9.69 Å². The molecule has 0 atom stereocenters. The van der Waals surface area contributed by atoms with Crippen molar-refractivity contribution in [1.82, 2.24) is 15.2 Å². The molecule has 0 spiro atoms. The number of fused-ring (bicyclic) bond motifs is 1. The highest BCUT2D eigenvalue weighted by Crippen LogP contribution is 2.35. The molecule has 1 aromatic heterocycles. The third-order valence-electron chi connectivity index (χ3n) is 5.88. The maximum absolute atomic E-state index is 12.5. The van der Waals surface area contributed by atoms with E-state index in [1.807, 2.05) is 19.1 Å². The Bertz CT molecular complexity index is 1230. The van der Waals surface area contributed by atoms with E-state index >= 15 is 0 Å². The van der Waals surface area contributed by atoms with E-state index in [4.69, 9.17) is 16.6 Å². The number of thiazole rings is 1. The standard InChI is InChI=1S/C23H27ClN4O3S2.ClH/c1-3-33(30,31)18-6-4-5-17(15-18)22(29)25-9-10-27-11-13-28(14-12-27)23-26-20-16(2)7-8-19(24)21(20)32-23;/h4-8,15H,3,9-14H2,1-2H3,(H,25,29);1H. The second kappa shape index (κ2) is 11.2. The fourth-order valence-corrected chi connectivity index (χ4v) is 6.11. The third-order valence-corrected chi connectivity index (χ3v) is 9.19. The Balaban J connectivity index is 0.00000324. The van der Waals surface area contributed by atoms with Crippen LogP contribution < -0.4 is 10.2 Å². The average molecular weight is 544 g/mol. The van der Waals surface area contributed by atoms with E-state index in [0.29, 0.717) is 12.1 Å². The number of benzene rings is 2. The third kappa shape index (κ3) is 5.83. The van der Waals surface area contributed by atoms with Crippen molar-refractivity contribution in [1.29, 1.82) is 0 Å². The first-order chi connectivity index (χ1) is 15.8. The monoisotopic (exact) mass is 542 g/mol. The number of aryl methyl sites for hydroxylation is 1. The maximum atomic E-state index is 12.5. The molecule has 1 fully saturated rings. The molecule has 11 heteroatoms. The number of anilines is 1. The fraction of sp³-hybridized carbons (Fsp3) is 0.391. The van der Waals surface area contributed by atoms with Crippen molar-refractivity contribution < 1.29 is 13.2 Å². The van der Waals surface area contributed by atoms with E-state index in [0.717, 1.165) is 58.7 Å². The van der Waals surface area contributed by atoms with Gasteiger partial charge in [0.15, 0.2) is 15.0 Å². The Hall–Kier alpha value is -1.91. The minimum atomic E-state index is -3.34. The second-order valence-corrected chi connectivity index (χ2v) is 11.7. The van der Waals surface area contributed by atoms with Gasteiger partial charge >= 0.3 is 0 Å². The minimum absolute atomic E-state index is 0. The predicted molar refractivity (Wildman–Crippen MR) is 142 cm³/mol. The summed E-state index contributed by atoms with van der Waals surface area (Å²) >= 11 is 7.98. The van der Waals surface area contributed by atoms with Crippen LogP contribution >= 0.6 is 35.3 Å². The van der Waals surface area contributed by atoms with E-state index in [2.05, 4.69) is 15.1 Å². The lowest BCUT2D eigenvalue weighted by Crippen LogP contribution is -2.48. The van der Waals surface area contributed by atoms with E-state index in [-0.39, 0.29) is 29.0 Å². The summed E-state index contributed by atoms with van der Waals surface area (Å²) in [4.78, 5) is 22.1. The first-order valence-corrected chi connectivity index (χ1v) is 13.8. The predicted octanol–water partition coefficient (Wildman–Crippen LogP) is 4.03. The molecule has 7 nitrogen and oxygen atoms in total. The molecule has 0 unspecified atom stereocenters. The summed E-state index contributed by atoms with van der Waals surface area (Å²) in [6, 6.07) is 10.1. The molecule has 0 aliphatic carbocycles. The maximum Gasteiger partial charge on any atom is 0.251 e. The molecule has 184 valence electrons. The van der Waals surface area contributed by atoms with Crippen LogP contribution in [0.2, 0.25) is 5.02 Å². The van der Waals surface area contributed by atoms with E-state index < -0.39 is 9.84 Å². The van der Waals surface area contributed by atoms with Gasteiger partial charge in [-0.05, 0) is 36.8 Å². The zero-order valence-corrected chi connectivity index (χ0v) is 22.3. The van der Waals surface area contributed by atoms with Gasteiger partial charge < -0.3 is 10.2 Å². The van der Waals surface area contributed by atoms with Crippen LogP contribution in [-0.2, 0) is 9.84 Å². The van der Waals surface area contributed by atoms with Crippen molar-refractivity contribution in [2.45, 2.75) is 18.7 Å². The Labute approximate surface area is 215 Å². The van der Waals surface area contributed by atoms with Crippen LogP contribution in [0.5, 0.6) is 0 Å². The number of amides is 1. The number of aromatic nitrogens is 1. The highest BCUT2D eigenvalue weighted by Gasteiger charge is 2.21. The molecular formula is C23H28Cl2N4O3S2. The van der Waals surface area contributed by atoms with Gasteiger partial charge in [0, 0.05) is 44.8 Å². The normalized spacial score (nSPS) is 14.7. The van der Waals surface area contributed by atoms with Crippen molar-refractivity contribution in [3.8, 4) is 0 Å². The molecule has 1 N–H and O–H groups in total. The Morgan fingerprint density at radius 2 is 1.91 bits per heavy atom. The van der Waals surface area contributed by atoms with E-state index in [1.54, 1.807) is 30.4 Å². The number of halogens is 2. The molecule has 1 amide bonds. The Morgan fingerprint density at radius 3 is 2.59 bits per heavy atom. The van der Waals surface area contributed by atoms with Gasteiger partial charge in [-0.25, -0.2) is 13.4 Å². The molecular weight excluding hydrogens is 515 g/mol. The van der Waals surface area contributed by atoms with Crippen molar-refractivity contribution in [2.24, 2.45) is 0 Å². The van der Waals surface area contributed by atoms with Crippen LogP contribution in [0.3, 0.4) is 0 Å². The molecule has 2 aromatic carbocycles. The van der Waals surface area contributed by atoms with Crippen molar-refractivity contribution in [3.63, 3.8) is 0 Å². The van der Waals surface area contributed by atoms with Gasteiger partial charge in [-0.1, -0.05) is 42.0 Å². The van der Waals surface area contributed by atoms with Gasteiger partial charge in [0.2, 0.25) is 0 Å². The number of carbonyl (C=O) groups excluding carboxylic acids is 1. The Morgan fingerprint density at radius 1 is 1.18 bits per heavy atom. The highest BCUT2D eigenvalue weighted by atomic mass is 35.5. The molecule has 1 aliphatic rings. The number of hydrogen-bond acceptors (Lipinski definition) is 7. The van der Waals surface area contributed by atoms with Crippen molar-refractivity contribution in [3.05, 3.63) is 52.5 Å². The number of piperazine rings is 1. The molecule has 3 aromatic rings. The number of nitrogens with zero attached hydrogens (tertiary/aromatic N) is 3. The number of carbonyl (C=O) groups is 1. The summed E-state index contributed by atoms with van der Waals surface area (Å²) < 4.78 is 25.1. The summed E-state index contributed by atoms with van der Waals surface area (Å²) in [5.74, 6) is -0.253. The lowest BCUT2D eigenvalue weighted by Gasteiger charge is -2.34. The van der Waals surface area contributed by atoms with Crippen LogP contribution in [-0.4, -0.2) is 69.2 Å². The Kier molecular flexibility index (Phi) is 8.81. The minimum Gasteiger partial charge on any atom is -0.351 e. The first-order valence-electron chi connectivity index (χ1n) is 10.9.